The van der Waals surface area contributed by atoms with E-state index in [0.29, 0.717) is 18.1 Å². The van der Waals surface area contributed by atoms with Gasteiger partial charge in [-0.05, 0) is 53.3 Å². The van der Waals surface area contributed by atoms with Crippen molar-refractivity contribution in [1.29, 1.82) is 0 Å². The number of hydrogen-bond acceptors (Lipinski definition) is 5. The first-order chi connectivity index (χ1) is 18.1. The molecule has 37 heavy (non-hydrogen) atoms. The molecule has 190 valence electrons. The molecule has 0 saturated carbocycles. The fraction of sp³-hybridized carbons (Fsp3) is 0.241. The van der Waals surface area contributed by atoms with Crippen LogP contribution >= 0.6 is 11.3 Å². The maximum atomic E-state index is 13.7. The van der Waals surface area contributed by atoms with Crippen molar-refractivity contribution in [2.24, 2.45) is 0 Å². The molecule has 8 heteroatoms. The van der Waals surface area contributed by atoms with Crippen LogP contribution in [0, 0.1) is 5.82 Å². The van der Waals surface area contributed by atoms with Gasteiger partial charge < -0.3 is 19.0 Å². The lowest BCUT2D eigenvalue weighted by Gasteiger charge is -2.37. The van der Waals surface area contributed by atoms with Crippen LogP contribution in [-0.2, 0) is 29.0 Å². The summed E-state index contributed by atoms with van der Waals surface area (Å²) in [4.78, 5) is 31.5. The molecule has 1 aliphatic heterocycles. The number of ether oxygens (including phenoxy) is 1. The molecule has 2 aromatic heterocycles. The number of fused-ring (bicyclic) bond motifs is 1. The van der Waals surface area contributed by atoms with Crippen molar-refractivity contribution in [3.05, 3.63) is 112 Å². The van der Waals surface area contributed by atoms with Crippen molar-refractivity contribution in [3.63, 3.8) is 0 Å². The van der Waals surface area contributed by atoms with E-state index >= 15 is 0 Å². The summed E-state index contributed by atoms with van der Waals surface area (Å²) >= 11 is 1.66. The Hall–Kier alpha value is -3.91. The van der Waals surface area contributed by atoms with E-state index in [4.69, 9.17) is 9.15 Å². The van der Waals surface area contributed by atoms with Crippen LogP contribution in [0.15, 0.2) is 88.9 Å². The first-order valence-electron chi connectivity index (χ1n) is 12.1. The smallest absolute Gasteiger partial charge is 0.242 e. The van der Waals surface area contributed by atoms with Crippen LogP contribution in [0.2, 0.25) is 0 Å². The van der Waals surface area contributed by atoms with E-state index in [9.17, 15) is 14.0 Å². The van der Waals surface area contributed by atoms with Gasteiger partial charge in [-0.3, -0.25) is 9.59 Å². The number of furan rings is 1. The van der Waals surface area contributed by atoms with E-state index in [1.807, 2.05) is 41.8 Å². The van der Waals surface area contributed by atoms with Crippen LogP contribution in [0.3, 0.4) is 0 Å². The van der Waals surface area contributed by atoms with Gasteiger partial charge in [-0.25, -0.2) is 4.39 Å². The molecule has 2 amide bonds. The molecule has 0 spiro atoms. The van der Waals surface area contributed by atoms with Crippen LogP contribution in [0.4, 0.5) is 4.39 Å². The molecular formula is C29H27FN2O4S. The van der Waals surface area contributed by atoms with E-state index in [1.165, 1.54) is 17.0 Å². The Balaban J connectivity index is 1.34. The van der Waals surface area contributed by atoms with E-state index in [1.54, 1.807) is 51.7 Å². The molecule has 0 N–H and O–H groups in total. The van der Waals surface area contributed by atoms with Crippen LogP contribution in [0.25, 0.3) is 0 Å². The van der Waals surface area contributed by atoms with Gasteiger partial charge in [-0.15, -0.1) is 11.3 Å². The number of thiophene rings is 1. The third-order valence-electron chi connectivity index (χ3n) is 6.42. The third kappa shape index (κ3) is 6.09. The summed E-state index contributed by atoms with van der Waals surface area (Å²) in [6, 6.07) is 20.7. The quantitative estimate of drug-likeness (QED) is 0.303. The molecule has 0 bridgehead atoms. The fourth-order valence-electron chi connectivity index (χ4n) is 4.57. The van der Waals surface area contributed by atoms with Crippen molar-refractivity contribution in [1.82, 2.24) is 9.80 Å². The molecule has 0 fully saturated rings. The van der Waals surface area contributed by atoms with E-state index in [2.05, 4.69) is 0 Å². The van der Waals surface area contributed by atoms with Crippen molar-refractivity contribution >= 4 is 23.2 Å². The first-order valence-corrected chi connectivity index (χ1v) is 13.0. The van der Waals surface area contributed by atoms with Gasteiger partial charge in [0.25, 0.3) is 0 Å². The summed E-state index contributed by atoms with van der Waals surface area (Å²) in [5.74, 6) is 0.316. The standard InChI is InChI=1S/C29H27FN2O4S/c30-22-8-4-9-23(17-22)36-20-26-25-12-15-37-27(25)11-13-32(26)29(34)19-31(18-24-10-5-14-35-24)28(33)16-21-6-2-1-3-7-21/h1-10,12,14-15,17,26H,11,13,16,18-20H2. The number of rotatable bonds is 9. The zero-order valence-electron chi connectivity index (χ0n) is 20.2. The Labute approximate surface area is 218 Å². The molecule has 0 radical (unpaired) electrons. The molecule has 2 aromatic carbocycles. The summed E-state index contributed by atoms with van der Waals surface area (Å²) in [6.07, 6.45) is 2.49. The van der Waals surface area contributed by atoms with E-state index < -0.39 is 0 Å². The number of halogens is 1. The van der Waals surface area contributed by atoms with E-state index in [-0.39, 0.29) is 49.8 Å². The average Bonchev–Trinajstić information content (AvgIpc) is 3.59. The second-order valence-electron chi connectivity index (χ2n) is 8.91. The highest BCUT2D eigenvalue weighted by molar-refractivity contribution is 7.10. The minimum Gasteiger partial charge on any atom is -0.491 e. The lowest BCUT2D eigenvalue weighted by Crippen LogP contribution is -2.47. The van der Waals surface area contributed by atoms with Crippen LogP contribution in [0.5, 0.6) is 5.75 Å². The molecule has 4 aromatic rings. The first kappa shape index (κ1) is 24.8. The van der Waals surface area contributed by atoms with Gasteiger partial charge in [0, 0.05) is 17.5 Å². The molecule has 0 aliphatic carbocycles. The van der Waals surface area contributed by atoms with E-state index in [0.717, 1.165) is 17.5 Å². The van der Waals surface area contributed by atoms with Crippen molar-refractivity contribution in [2.45, 2.75) is 25.4 Å². The summed E-state index contributed by atoms with van der Waals surface area (Å²) < 4.78 is 25.1. The normalized spacial score (nSPS) is 14.7. The lowest BCUT2D eigenvalue weighted by atomic mass is 10.0. The predicted molar refractivity (Wildman–Crippen MR) is 139 cm³/mol. The molecule has 1 atom stereocenters. The summed E-state index contributed by atoms with van der Waals surface area (Å²) in [7, 11) is 0. The predicted octanol–water partition coefficient (Wildman–Crippen LogP) is 5.26. The number of amides is 2. The number of hydrogen-bond donors (Lipinski definition) is 0. The highest BCUT2D eigenvalue weighted by Crippen LogP contribution is 2.34. The summed E-state index contributed by atoms with van der Waals surface area (Å²) in [6.45, 7) is 0.828. The monoisotopic (exact) mass is 518 g/mol. The Bertz CT molecular complexity index is 1340. The fourth-order valence-corrected chi connectivity index (χ4v) is 5.49. The molecule has 0 saturated heterocycles. The van der Waals surface area contributed by atoms with Gasteiger partial charge in [-0.1, -0.05) is 36.4 Å². The van der Waals surface area contributed by atoms with Crippen molar-refractivity contribution in [2.75, 3.05) is 19.7 Å². The number of benzene rings is 2. The zero-order valence-corrected chi connectivity index (χ0v) is 21.0. The maximum absolute atomic E-state index is 13.7. The molecular weight excluding hydrogens is 491 g/mol. The Morgan fingerprint density at radius 2 is 1.95 bits per heavy atom. The van der Waals surface area contributed by atoms with Gasteiger partial charge in [0.1, 0.15) is 30.5 Å². The lowest BCUT2D eigenvalue weighted by molar-refractivity contribution is -0.143. The van der Waals surface area contributed by atoms with Gasteiger partial charge in [0.2, 0.25) is 11.8 Å². The Morgan fingerprint density at radius 1 is 1.08 bits per heavy atom. The van der Waals surface area contributed by atoms with Gasteiger partial charge in [0.15, 0.2) is 0 Å². The molecule has 1 aliphatic rings. The van der Waals surface area contributed by atoms with Crippen LogP contribution in [-0.4, -0.2) is 41.3 Å². The van der Waals surface area contributed by atoms with Gasteiger partial charge in [0.05, 0.1) is 25.3 Å². The Morgan fingerprint density at radius 3 is 2.73 bits per heavy atom. The second-order valence-corrected chi connectivity index (χ2v) is 9.91. The average molecular weight is 519 g/mol. The maximum Gasteiger partial charge on any atom is 0.242 e. The minimum absolute atomic E-state index is 0.0810. The topological polar surface area (TPSA) is 63.0 Å². The van der Waals surface area contributed by atoms with Crippen molar-refractivity contribution in [3.8, 4) is 5.75 Å². The van der Waals surface area contributed by atoms with Gasteiger partial charge in [-0.2, -0.15) is 0 Å². The minimum atomic E-state index is -0.379. The summed E-state index contributed by atoms with van der Waals surface area (Å²) in [5.41, 5.74) is 1.92. The number of carbonyl (C=O) groups excluding carboxylic acids is 2. The molecule has 6 nitrogen and oxygen atoms in total. The second kappa shape index (κ2) is 11.4. The van der Waals surface area contributed by atoms with Crippen molar-refractivity contribution < 1.29 is 23.1 Å². The zero-order chi connectivity index (χ0) is 25.6. The number of carbonyl (C=O) groups is 2. The molecule has 1 unspecified atom stereocenters. The highest BCUT2D eigenvalue weighted by Gasteiger charge is 2.33. The van der Waals surface area contributed by atoms with Gasteiger partial charge >= 0.3 is 0 Å². The SMILES string of the molecule is O=C(Cc1ccccc1)N(CC(=O)N1CCc2sccc2C1COc1cccc(F)c1)Cc1ccco1. The number of nitrogens with zero attached hydrogens (tertiary/aromatic N) is 2. The summed E-state index contributed by atoms with van der Waals surface area (Å²) in [5, 5.41) is 2.01. The largest absolute Gasteiger partial charge is 0.491 e. The van der Waals surface area contributed by atoms with Crippen LogP contribution < -0.4 is 4.74 Å². The van der Waals surface area contributed by atoms with Crippen LogP contribution in [0.1, 0.15) is 27.8 Å². The molecule has 5 rings (SSSR count). The Kier molecular flexibility index (Phi) is 7.65. The third-order valence-corrected chi connectivity index (χ3v) is 7.42. The molecule has 3 heterocycles. The highest BCUT2D eigenvalue weighted by atomic mass is 32.1.